The molecule has 29 heavy (non-hydrogen) atoms. The van der Waals surface area contributed by atoms with Gasteiger partial charge in [0.2, 0.25) is 0 Å². The number of aromatic nitrogens is 2. The molecule has 148 valence electrons. The van der Waals surface area contributed by atoms with E-state index in [-0.39, 0.29) is 12.2 Å². The smallest absolute Gasteiger partial charge is 0.270 e. The van der Waals surface area contributed by atoms with Crippen LogP contribution in [0.2, 0.25) is 5.02 Å². The molecule has 0 aliphatic heterocycles. The molecule has 0 spiro atoms. The third-order valence-electron chi connectivity index (χ3n) is 4.03. The van der Waals surface area contributed by atoms with Crippen molar-refractivity contribution < 1.29 is 9.47 Å². The number of ether oxygens (including phenoxy) is 2. The number of nitriles is 1. The number of methoxy groups -OCH3 is 1. The number of halogens is 2. The Morgan fingerprint density at radius 1 is 1.28 bits per heavy atom. The molecule has 0 atom stereocenters. The number of hydrogen-bond acceptors (Lipinski definition) is 6. The molecular formula is C20H15BrClN3O3S. The molecule has 0 saturated heterocycles. The van der Waals surface area contributed by atoms with Crippen LogP contribution in [0.1, 0.15) is 11.1 Å². The van der Waals surface area contributed by atoms with Crippen molar-refractivity contribution in [2.45, 2.75) is 11.8 Å². The van der Waals surface area contributed by atoms with Gasteiger partial charge < -0.3 is 14.5 Å². The van der Waals surface area contributed by atoms with E-state index in [9.17, 15) is 10.1 Å². The second-order valence-corrected chi connectivity index (χ2v) is 7.92. The topological polar surface area (TPSA) is 88.0 Å². The van der Waals surface area contributed by atoms with Crippen LogP contribution in [0.4, 0.5) is 0 Å². The van der Waals surface area contributed by atoms with Gasteiger partial charge >= 0.3 is 0 Å². The highest BCUT2D eigenvalue weighted by atomic mass is 79.9. The van der Waals surface area contributed by atoms with E-state index >= 15 is 0 Å². The second-order valence-electron chi connectivity index (χ2n) is 5.80. The summed E-state index contributed by atoms with van der Waals surface area (Å²) in [7, 11) is 1.56. The Balaban J connectivity index is 2.01. The number of nitrogens with zero attached hydrogens (tertiary/aromatic N) is 2. The van der Waals surface area contributed by atoms with E-state index in [1.165, 1.54) is 11.8 Å². The molecule has 0 unspecified atom stereocenters. The van der Waals surface area contributed by atoms with Crippen molar-refractivity contribution in [3.8, 4) is 28.8 Å². The Labute approximate surface area is 185 Å². The summed E-state index contributed by atoms with van der Waals surface area (Å²) in [6.45, 7) is 0.179. The van der Waals surface area contributed by atoms with E-state index in [4.69, 9.17) is 21.1 Å². The maximum absolute atomic E-state index is 12.2. The molecule has 0 aliphatic carbocycles. The number of H-pyrrole nitrogens is 1. The van der Waals surface area contributed by atoms with Crippen LogP contribution in [-0.2, 0) is 6.61 Å². The van der Waals surface area contributed by atoms with Crippen molar-refractivity contribution in [2.75, 3.05) is 13.4 Å². The highest BCUT2D eigenvalue weighted by Gasteiger charge is 2.16. The largest absolute Gasteiger partial charge is 0.496 e. The summed E-state index contributed by atoms with van der Waals surface area (Å²) in [4.78, 5) is 19.2. The minimum Gasteiger partial charge on any atom is -0.496 e. The van der Waals surface area contributed by atoms with Crippen LogP contribution in [0.3, 0.4) is 0 Å². The molecule has 3 aromatic rings. The monoisotopic (exact) mass is 491 g/mol. The number of rotatable bonds is 6. The summed E-state index contributed by atoms with van der Waals surface area (Å²) in [6.07, 6.45) is 1.79. The van der Waals surface area contributed by atoms with Crippen molar-refractivity contribution in [3.05, 3.63) is 67.4 Å². The average molecular weight is 493 g/mol. The Kier molecular flexibility index (Phi) is 6.85. The Morgan fingerprint density at radius 2 is 2.03 bits per heavy atom. The molecule has 0 radical (unpaired) electrons. The Morgan fingerprint density at radius 3 is 2.69 bits per heavy atom. The van der Waals surface area contributed by atoms with E-state index in [1.807, 2.05) is 12.1 Å². The maximum Gasteiger partial charge on any atom is 0.270 e. The number of nitrogens with one attached hydrogen (secondary N) is 1. The first-order valence-electron chi connectivity index (χ1n) is 8.30. The summed E-state index contributed by atoms with van der Waals surface area (Å²) in [5.41, 5.74) is 1.13. The molecule has 0 amide bonds. The zero-order valence-electron chi connectivity index (χ0n) is 15.5. The zero-order valence-corrected chi connectivity index (χ0v) is 18.6. The van der Waals surface area contributed by atoms with E-state index in [1.54, 1.807) is 43.7 Å². The van der Waals surface area contributed by atoms with Gasteiger partial charge in [0.1, 0.15) is 29.7 Å². The number of hydrogen-bond donors (Lipinski definition) is 1. The maximum atomic E-state index is 12.2. The van der Waals surface area contributed by atoms with Gasteiger partial charge in [-0.05, 0) is 42.7 Å². The summed E-state index contributed by atoms with van der Waals surface area (Å²) >= 11 is 10.9. The SMILES string of the molecule is COc1ccc(-c2nc(SC)[nH]c(=O)c2C#N)cc1COc1ccc(Br)cc1Cl. The van der Waals surface area contributed by atoms with Crippen molar-refractivity contribution >= 4 is 39.3 Å². The first-order chi connectivity index (χ1) is 14.0. The van der Waals surface area contributed by atoms with Crippen LogP contribution in [0.15, 0.2) is 50.8 Å². The van der Waals surface area contributed by atoms with Gasteiger partial charge in [0.25, 0.3) is 5.56 Å². The molecule has 0 bridgehead atoms. The molecule has 1 N–H and O–H groups in total. The Hall–Kier alpha value is -2.47. The first-order valence-corrected chi connectivity index (χ1v) is 10.7. The van der Waals surface area contributed by atoms with Crippen molar-refractivity contribution in [1.82, 2.24) is 9.97 Å². The predicted molar refractivity (Wildman–Crippen MR) is 117 cm³/mol. The van der Waals surface area contributed by atoms with Gasteiger partial charge in [-0.25, -0.2) is 4.98 Å². The van der Waals surface area contributed by atoms with Crippen LogP contribution in [0, 0.1) is 11.3 Å². The zero-order chi connectivity index (χ0) is 21.0. The van der Waals surface area contributed by atoms with Crippen LogP contribution in [0.25, 0.3) is 11.3 Å². The van der Waals surface area contributed by atoms with Gasteiger partial charge in [-0.2, -0.15) is 5.26 Å². The fourth-order valence-corrected chi connectivity index (χ4v) is 3.75. The molecule has 6 nitrogen and oxygen atoms in total. The molecule has 0 aliphatic rings. The van der Waals surface area contributed by atoms with Crippen LogP contribution in [-0.4, -0.2) is 23.3 Å². The van der Waals surface area contributed by atoms with Crippen LogP contribution in [0.5, 0.6) is 11.5 Å². The predicted octanol–water partition coefficient (Wildman–Crippen LogP) is 5.03. The number of thioether (sulfide) groups is 1. The standard InChI is InChI=1S/C20H15BrClN3O3S/c1-27-16-5-3-11(18-14(9-23)19(26)25-20(24-18)29-2)7-12(16)10-28-17-6-4-13(21)8-15(17)22/h3-8H,10H2,1-2H3,(H,24,25,26). The lowest BCUT2D eigenvalue weighted by molar-refractivity contribution is 0.297. The molecule has 0 saturated carbocycles. The highest BCUT2D eigenvalue weighted by molar-refractivity contribution is 9.10. The Bertz CT molecular complexity index is 1160. The molecule has 1 aromatic heterocycles. The summed E-state index contributed by atoms with van der Waals surface area (Å²) < 4.78 is 12.1. The third-order valence-corrected chi connectivity index (χ3v) is 5.40. The van der Waals surface area contributed by atoms with Gasteiger partial charge in [-0.3, -0.25) is 4.79 Å². The van der Waals surface area contributed by atoms with E-state index < -0.39 is 5.56 Å². The number of aromatic amines is 1. The van der Waals surface area contributed by atoms with E-state index in [2.05, 4.69) is 25.9 Å². The van der Waals surface area contributed by atoms with Crippen molar-refractivity contribution in [1.29, 1.82) is 5.26 Å². The average Bonchev–Trinajstić information content (AvgIpc) is 2.72. The van der Waals surface area contributed by atoms with Gasteiger partial charge in [0.15, 0.2) is 5.16 Å². The van der Waals surface area contributed by atoms with Gasteiger partial charge in [0.05, 0.1) is 17.8 Å². The van der Waals surface area contributed by atoms with E-state index in [0.29, 0.717) is 32.9 Å². The summed E-state index contributed by atoms with van der Waals surface area (Å²) in [5.74, 6) is 1.13. The van der Waals surface area contributed by atoms with Gasteiger partial charge in [0, 0.05) is 15.6 Å². The number of benzene rings is 2. The van der Waals surface area contributed by atoms with Crippen molar-refractivity contribution in [3.63, 3.8) is 0 Å². The second kappa shape index (κ2) is 9.35. The molecule has 2 aromatic carbocycles. The minimum atomic E-state index is -0.475. The molecule has 3 rings (SSSR count). The molecule has 0 fully saturated rings. The minimum absolute atomic E-state index is 0.0456. The normalized spacial score (nSPS) is 10.4. The summed E-state index contributed by atoms with van der Waals surface area (Å²) in [5, 5.41) is 10.3. The first kappa shape index (κ1) is 21.2. The lowest BCUT2D eigenvalue weighted by Gasteiger charge is -2.13. The molecule has 1 heterocycles. The molecule has 9 heteroatoms. The molecular weight excluding hydrogens is 478 g/mol. The summed E-state index contributed by atoms with van der Waals surface area (Å²) in [6, 6.07) is 12.6. The van der Waals surface area contributed by atoms with Crippen LogP contribution >= 0.6 is 39.3 Å². The van der Waals surface area contributed by atoms with E-state index in [0.717, 1.165) is 10.0 Å². The fourth-order valence-electron chi connectivity index (χ4n) is 2.65. The third kappa shape index (κ3) is 4.75. The van der Waals surface area contributed by atoms with Crippen LogP contribution < -0.4 is 15.0 Å². The fraction of sp³-hybridized carbons (Fsp3) is 0.150. The highest BCUT2D eigenvalue weighted by Crippen LogP contribution is 2.31. The van der Waals surface area contributed by atoms with Crippen molar-refractivity contribution in [2.24, 2.45) is 0 Å². The van der Waals surface area contributed by atoms with Gasteiger partial charge in [-0.15, -0.1) is 0 Å². The quantitative estimate of drug-likeness (QED) is 0.383. The lowest BCUT2D eigenvalue weighted by Crippen LogP contribution is -2.14. The lowest BCUT2D eigenvalue weighted by atomic mass is 10.0. The van der Waals surface area contributed by atoms with Gasteiger partial charge in [-0.1, -0.05) is 39.3 Å².